The molecule has 1 amide bonds. The Kier molecular flexibility index (Phi) is 4.73. The first-order chi connectivity index (χ1) is 14.9. The van der Waals surface area contributed by atoms with Crippen LogP contribution < -0.4 is 5.73 Å². The minimum atomic E-state index is -3.69. The van der Waals surface area contributed by atoms with Crippen molar-refractivity contribution in [1.82, 2.24) is 13.8 Å². The van der Waals surface area contributed by atoms with Crippen molar-refractivity contribution in [3.8, 4) is 11.1 Å². The van der Waals surface area contributed by atoms with Crippen LogP contribution in [-0.2, 0) is 17.1 Å². The maximum atomic E-state index is 13.1. The van der Waals surface area contributed by atoms with Crippen molar-refractivity contribution in [2.45, 2.75) is 10.9 Å². The Morgan fingerprint density at radius 3 is 2.00 bits per heavy atom. The smallest absolute Gasteiger partial charge is 0.265 e. The van der Waals surface area contributed by atoms with E-state index in [0.717, 1.165) is 0 Å². The molecule has 0 unspecified atom stereocenters. The Morgan fingerprint density at radius 1 is 0.935 bits per heavy atom. The number of rotatable bonds is 4. The van der Waals surface area contributed by atoms with Gasteiger partial charge in [-0.25, -0.2) is 8.42 Å². The maximum absolute atomic E-state index is 13.1. The Morgan fingerprint density at radius 2 is 1.48 bits per heavy atom. The lowest BCUT2D eigenvalue weighted by atomic mass is 10.0. The minimum absolute atomic E-state index is 0.105. The molecule has 7 nitrogen and oxygen atoms in total. The Labute approximate surface area is 181 Å². The molecule has 0 bridgehead atoms. The van der Waals surface area contributed by atoms with E-state index in [0.29, 0.717) is 26.2 Å². The third kappa shape index (κ3) is 3.18. The number of benzene rings is 2. The molecule has 2 N–H and O–H groups in total. The summed E-state index contributed by atoms with van der Waals surface area (Å²) in [5, 5.41) is 0. The molecule has 160 valence electrons. The number of aryl methyl sites for hydroxylation is 1. The molecule has 0 saturated carbocycles. The first kappa shape index (κ1) is 20.0. The summed E-state index contributed by atoms with van der Waals surface area (Å²) < 4.78 is 29.2. The van der Waals surface area contributed by atoms with Gasteiger partial charge in [0.1, 0.15) is 10.6 Å². The summed E-state index contributed by atoms with van der Waals surface area (Å²) in [6, 6.07) is 18.4. The summed E-state index contributed by atoms with van der Waals surface area (Å²) in [4.78, 5) is 14.0. The number of hydrogen-bond acceptors (Lipinski definition) is 4. The molecule has 1 aromatic heterocycles. The van der Waals surface area contributed by atoms with E-state index in [1.54, 1.807) is 7.05 Å². The molecule has 1 saturated heterocycles. The monoisotopic (exact) mass is 436 g/mol. The fraction of sp³-hybridized carbons (Fsp3) is 0.261. The van der Waals surface area contributed by atoms with Gasteiger partial charge in [0.25, 0.3) is 5.91 Å². The fourth-order valence-corrected chi connectivity index (χ4v) is 6.29. The van der Waals surface area contributed by atoms with E-state index < -0.39 is 15.9 Å². The second-order valence-corrected chi connectivity index (χ2v) is 9.99. The van der Waals surface area contributed by atoms with Crippen LogP contribution in [0.4, 0.5) is 0 Å². The van der Waals surface area contributed by atoms with Gasteiger partial charge in [-0.3, -0.25) is 9.69 Å². The molecule has 31 heavy (non-hydrogen) atoms. The minimum Gasteiger partial charge on any atom is -0.364 e. The zero-order valence-electron chi connectivity index (χ0n) is 17.2. The molecule has 3 aromatic rings. The number of carbonyl (C=O) groups is 1. The molecule has 1 aliphatic heterocycles. The quantitative estimate of drug-likeness (QED) is 0.679. The molecule has 0 atom stereocenters. The average Bonchev–Trinajstić information content (AvgIpc) is 3.33. The molecular formula is C23H24N4O3S. The highest BCUT2D eigenvalue weighted by atomic mass is 32.2. The number of hydrogen-bond donors (Lipinski definition) is 1. The van der Waals surface area contributed by atoms with Crippen LogP contribution in [-0.4, -0.2) is 54.3 Å². The molecule has 2 aromatic carbocycles. The van der Waals surface area contributed by atoms with Gasteiger partial charge in [-0.05, 0) is 28.3 Å². The molecule has 5 rings (SSSR count). The summed E-state index contributed by atoms with van der Waals surface area (Å²) in [5.41, 5.74) is 10.6. The van der Waals surface area contributed by atoms with Crippen molar-refractivity contribution in [1.29, 1.82) is 0 Å². The van der Waals surface area contributed by atoms with Gasteiger partial charge in [0.2, 0.25) is 10.0 Å². The SMILES string of the molecule is Cn1cc(S(=O)(=O)N2CCN(C3c4ccccc4-c4ccccc43)CC2)cc1C(N)=O. The summed E-state index contributed by atoms with van der Waals surface area (Å²) in [6.07, 6.45) is 1.45. The van der Waals surface area contributed by atoms with Gasteiger partial charge in [0.05, 0.1) is 6.04 Å². The first-order valence-electron chi connectivity index (χ1n) is 10.3. The maximum Gasteiger partial charge on any atom is 0.265 e. The zero-order valence-corrected chi connectivity index (χ0v) is 18.0. The van der Waals surface area contributed by atoms with Crippen LogP contribution in [0, 0.1) is 0 Å². The van der Waals surface area contributed by atoms with Gasteiger partial charge in [-0.2, -0.15) is 4.31 Å². The van der Waals surface area contributed by atoms with Crippen molar-refractivity contribution in [3.63, 3.8) is 0 Å². The summed E-state index contributed by atoms with van der Waals surface area (Å²) >= 11 is 0. The highest BCUT2D eigenvalue weighted by molar-refractivity contribution is 7.89. The second kappa shape index (κ2) is 7.33. The summed E-state index contributed by atoms with van der Waals surface area (Å²) in [7, 11) is -2.07. The van der Waals surface area contributed by atoms with Crippen molar-refractivity contribution in [3.05, 3.63) is 77.6 Å². The zero-order chi connectivity index (χ0) is 21.8. The van der Waals surface area contributed by atoms with Gasteiger partial charge < -0.3 is 10.3 Å². The topological polar surface area (TPSA) is 88.6 Å². The third-order valence-corrected chi connectivity index (χ3v) is 8.17. The number of nitrogens with zero attached hydrogens (tertiary/aromatic N) is 3. The number of amides is 1. The highest BCUT2D eigenvalue weighted by Crippen LogP contribution is 2.46. The van der Waals surface area contributed by atoms with E-state index in [9.17, 15) is 13.2 Å². The third-order valence-electron chi connectivity index (χ3n) is 6.31. The number of fused-ring (bicyclic) bond motifs is 3. The first-order valence-corrected chi connectivity index (χ1v) is 11.7. The van der Waals surface area contributed by atoms with E-state index >= 15 is 0 Å². The molecule has 2 aliphatic rings. The highest BCUT2D eigenvalue weighted by Gasteiger charge is 2.37. The lowest BCUT2D eigenvalue weighted by molar-refractivity contribution is 0.0992. The van der Waals surface area contributed by atoms with Crippen LogP contribution in [0.2, 0.25) is 0 Å². The van der Waals surface area contributed by atoms with Gasteiger partial charge >= 0.3 is 0 Å². The number of aromatic nitrogens is 1. The molecule has 2 heterocycles. The largest absolute Gasteiger partial charge is 0.364 e. The van der Waals surface area contributed by atoms with Crippen molar-refractivity contribution in [2.75, 3.05) is 26.2 Å². The summed E-state index contributed by atoms with van der Waals surface area (Å²) in [6.45, 7) is 2.04. The Hall–Kier alpha value is -2.94. The van der Waals surface area contributed by atoms with Crippen LogP contribution in [0.25, 0.3) is 11.1 Å². The van der Waals surface area contributed by atoms with E-state index in [4.69, 9.17) is 5.73 Å². The molecular weight excluding hydrogens is 412 g/mol. The number of carbonyl (C=O) groups excluding carboxylic acids is 1. The van der Waals surface area contributed by atoms with Crippen LogP contribution >= 0.6 is 0 Å². The number of primary amides is 1. The van der Waals surface area contributed by atoms with E-state index in [2.05, 4.69) is 53.4 Å². The molecule has 8 heteroatoms. The standard InChI is InChI=1S/C23H24N4O3S/c1-25-15-16(14-21(25)23(24)28)31(29,30)27-12-10-26(11-13-27)22-19-8-4-2-6-17(19)18-7-3-5-9-20(18)22/h2-9,14-15,22H,10-13H2,1H3,(H2,24,28). The Balaban J connectivity index is 1.39. The van der Waals surface area contributed by atoms with Crippen LogP contribution in [0.15, 0.2) is 65.7 Å². The number of sulfonamides is 1. The lowest BCUT2D eigenvalue weighted by Gasteiger charge is -2.38. The molecule has 0 spiro atoms. The lowest BCUT2D eigenvalue weighted by Crippen LogP contribution is -2.49. The van der Waals surface area contributed by atoms with Gasteiger partial charge in [-0.15, -0.1) is 0 Å². The molecule has 1 fully saturated rings. The number of nitrogens with two attached hydrogens (primary N) is 1. The predicted octanol–water partition coefficient (Wildman–Crippen LogP) is 2.20. The van der Waals surface area contributed by atoms with E-state index in [1.807, 2.05) is 0 Å². The second-order valence-electron chi connectivity index (χ2n) is 8.05. The van der Waals surface area contributed by atoms with Gasteiger partial charge in [-0.1, -0.05) is 48.5 Å². The van der Waals surface area contributed by atoms with Crippen LogP contribution in [0.3, 0.4) is 0 Å². The molecule has 1 aliphatic carbocycles. The Bertz CT molecular complexity index is 1230. The van der Waals surface area contributed by atoms with Crippen LogP contribution in [0.1, 0.15) is 27.7 Å². The fourth-order valence-electron chi connectivity index (χ4n) is 4.79. The van der Waals surface area contributed by atoms with Gasteiger partial charge in [0.15, 0.2) is 0 Å². The van der Waals surface area contributed by atoms with Crippen molar-refractivity contribution >= 4 is 15.9 Å². The number of piperazine rings is 1. The van der Waals surface area contributed by atoms with Crippen LogP contribution in [0.5, 0.6) is 0 Å². The van der Waals surface area contributed by atoms with Crippen molar-refractivity contribution < 1.29 is 13.2 Å². The predicted molar refractivity (Wildman–Crippen MR) is 118 cm³/mol. The normalized spacial score (nSPS) is 17.5. The van der Waals surface area contributed by atoms with Crippen molar-refractivity contribution in [2.24, 2.45) is 12.8 Å². The molecule has 0 radical (unpaired) electrons. The van der Waals surface area contributed by atoms with E-state index in [1.165, 1.54) is 43.4 Å². The van der Waals surface area contributed by atoms with E-state index in [-0.39, 0.29) is 16.6 Å². The summed E-state index contributed by atoms with van der Waals surface area (Å²) in [5.74, 6) is -0.646. The average molecular weight is 437 g/mol. The van der Waals surface area contributed by atoms with Gasteiger partial charge in [0, 0.05) is 39.4 Å².